The van der Waals surface area contributed by atoms with Crippen LogP contribution in [0.5, 0.6) is 0 Å². The summed E-state index contributed by atoms with van der Waals surface area (Å²) in [4.78, 5) is 8.47. The normalized spacial score (nSPS) is 30.4. The topological polar surface area (TPSA) is 118 Å². The highest BCUT2D eigenvalue weighted by molar-refractivity contribution is 8.00. The number of hydrogen-bond acceptors (Lipinski definition) is 9. The lowest BCUT2D eigenvalue weighted by atomic mass is 10.1. The molecule has 0 unspecified atom stereocenters. The molecular formula is C16H23N5O4S. The van der Waals surface area contributed by atoms with Crippen molar-refractivity contribution in [1.82, 2.24) is 19.7 Å². The van der Waals surface area contributed by atoms with Gasteiger partial charge in [-0.15, -0.1) is 11.8 Å². The lowest BCUT2D eigenvalue weighted by Crippen LogP contribution is -2.31. The minimum absolute atomic E-state index is 0.166. The number of fused-ring (bicyclic) bond motifs is 2. The Morgan fingerprint density at radius 2 is 2.04 bits per heavy atom. The van der Waals surface area contributed by atoms with Crippen molar-refractivity contribution < 1.29 is 19.3 Å². The highest BCUT2D eigenvalue weighted by atomic mass is 32.2. The summed E-state index contributed by atoms with van der Waals surface area (Å²) in [5, 5.41) is 16.2. The second-order valence-electron chi connectivity index (χ2n) is 7.19. The van der Waals surface area contributed by atoms with Crippen LogP contribution in [0.4, 0.5) is 5.82 Å². The molecule has 0 aromatic carbocycles. The molecule has 10 heteroatoms. The van der Waals surface area contributed by atoms with Gasteiger partial charge in [-0.25, -0.2) is 14.6 Å². The molecule has 9 nitrogen and oxygen atoms in total. The summed E-state index contributed by atoms with van der Waals surface area (Å²) < 4.78 is 19.7. The fourth-order valence-corrected chi connectivity index (χ4v) is 4.34. The first-order valence-electron chi connectivity index (χ1n) is 8.58. The average Bonchev–Trinajstić information content (AvgIpc) is 3.16. The van der Waals surface area contributed by atoms with Crippen LogP contribution in [0.2, 0.25) is 0 Å². The Balaban J connectivity index is 1.80. The SMILES string of the molecule is CC(C)Sc1nn([C@@H]2O[C@H](CO)[C@H]3OC(C)(C)O[C@H]32)c2ncnc(N)c12. The molecule has 4 atom stereocenters. The molecule has 26 heavy (non-hydrogen) atoms. The molecule has 4 rings (SSSR count). The maximum atomic E-state index is 9.69. The molecule has 2 aromatic heterocycles. The van der Waals surface area contributed by atoms with Gasteiger partial charge in [0.1, 0.15) is 35.5 Å². The molecule has 2 aliphatic rings. The van der Waals surface area contributed by atoms with E-state index >= 15 is 0 Å². The van der Waals surface area contributed by atoms with Crippen molar-refractivity contribution in [1.29, 1.82) is 0 Å². The van der Waals surface area contributed by atoms with E-state index in [2.05, 4.69) is 23.8 Å². The van der Waals surface area contributed by atoms with Gasteiger partial charge in [0.2, 0.25) is 0 Å². The largest absolute Gasteiger partial charge is 0.394 e. The summed E-state index contributed by atoms with van der Waals surface area (Å²) >= 11 is 1.58. The standard InChI is InChI=1S/C16H23N5O4S/c1-7(2)26-14-9-12(17)18-6-19-13(9)21(20-14)15-11-10(8(5-22)23-15)24-16(3,4)25-11/h6-8,10-11,15,22H,5H2,1-4H3,(H2,17,18,19)/t8-,10-,11-,15-/m1/s1. The number of aliphatic hydroxyl groups excluding tert-OH is 1. The van der Waals surface area contributed by atoms with E-state index in [1.807, 2.05) is 13.8 Å². The number of aliphatic hydroxyl groups is 1. The number of anilines is 1. The third kappa shape index (κ3) is 2.85. The van der Waals surface area contributed by atoms with Crippen molar-refractivity contribution in [2.45, 2.75) is 68.3 Å². The first-order valence-corrected chi connectivity index (χ1v) is 9.46. The third-order valence-corrected chi connectivity index (χ3v) is 5.36. The average molecular weight is 381 g/mol. The van der Waals surface area contributed by atoms with Crippen molar-refractivity contribution in [2.75, 3.05) is 12.3 Å². The molecule has 2 aliphatic heterocycles. The van der Waals surface area contributed by atoms with Crippen molar-refractivity contribution in [3.05, 3.63) is 6.33 Å². The van der Waals surface area contributed by atoms with Crippen molar-refractivity contribution in [3.8, 4) is 0 Å². The number of nitrogens with zero attached hydrogens (tertiary/aromatic N) is 4. The number of nitrogen functional groups attached to an aromatic ring is 1. The smallest absolute Gasteiger partial charge is 0.181 e. The summed E-state index contributed by atoms with van der Waals surface area (Å²) in [6.07, 6.45) is -0.437. The number of hydrogen-bond donors (Lipinski definition) is 2. The zero-order chi connectivity index (χ0) is 18.6. The number of nitrogens with two attached hydrogens (primary N) is 1. The fraction of sp³-hybridized carbons (Fsp3) is 0.688. The molecule has 2 aromatic rings. The molecular weight excluding hydrogens is 358 g/mol. The van der Waals surface area contributed by atoms with Gasteiger partial charge in [0.25, 0.3) is 0 Å². The second-order valence-corrected chi connectivity index (χ2v) is 8.75. The minimum Gasteiger partial charge on any atom is -0.394 e. The van der Waals surface area contributed by atoms with Crippen molar-refractivity contribution >= 4 is 28.6 Å². The van der Waals surface area contributed by atoms with Gasteiger partial charge in [0.05, 0.1) is 12.0 Å². The van der Waals surface area contributed by atoms with Gasteiger partial charge < -0.3 is 25.1 Å². The second kappa shape index (κ2) is 6.31. The quantitative estimate of drug-likeness (QED) is 0.756. The van der Waals surface area contributed by atoms with Gasteiger partial charge in [0, 0.05) is 5.25 Å². The monoisotopic (exact) mass is 381 g/mol. The molecule has 2 fully saturated rings. The molecule has 0 radical (unpaired) electrons. The van der Waals surface area contributed by atoms with Crippen LogP contribution in [0.1, 0.15) is 33.9 Å². The van der Waals surface area contributed by atoms with Crippen LogP contribution in [-0.4, -0.2) is 60.8 Å². The lowest BCUT2D eigenvalue weighted by molar-refractivity contribution is -0.201. The first kappa shape index (κ1) is 17.9. The molecule has 0 saturated carbocycles. The van der Waals surface area contributed by atoms with Crippen LogP contribution in [0.15, 0.2) is 11.4 Å². The third-order valence-electron chi connectivity index (χ3n) is 4.38. The molecule has 2 saturated heterocycles. The Morgan fingerprint density at radius 1 is 1.31 bits per heavy atom. The van der Waals surface area contributed by atoms with Gasteiger partial charge in [-0.2, -0.15) is 5.10 Å². The molecule has 0 bridgehead atoms. The summed E-state index contributed by atoms with van der Waals surface area (Å²) in [5.41, 5.74) is 6.67. The first-order chi connectivity index (χ1) is 12.3. The maximum Gasteiger partial charge on any atom is 0.181 e. The lowest BCUT2D eigenvalue weighted by Gasteiger charge is -2.23. The fourth-order valence-electron chi connectivity index (χ4n) is 3.45. The van der Waals surface area contributed by atoms with Gasteiger partial charge in [-0.1, -0.05) is 13.8 Å². The van der Waals surface area contributed by atoms with Gasteiger partial charge in [0.15, 0.2) is 17.7 Å². The predicted octanol–water partition coefficient (Wildman–Crippen LogP) is 1.32. The van der Waals surface area contributed by atoms with Crippen molar-refractivity contribution in [3.63, 3.8) is 0 Å². The van der Waals surface area contributed by atoms with E-state index in [4.69, 9.17) is 25.0 Å². The summed E-state index contributed by atoms with van der Waals surface area (Å²) in [7, 11) is 0. The highest BCUT2D eigenvalue weighted by Gasteiger charge is 2.56. The number of ether oxygens (including phenoxy) is 3. The van der Waals surface area contributed by atoms with E-state index in [-0.39, 0.29) is 12.7 Å². The maximum absolute atomic E-state index is 9.69. The van der Waals surface area contributed by atoms with Crippen LogP contribution < -0.4 is 5.73 Å². The Hall–Kier alpha value is -1.46. The molecule has 3 N–H and O–H groups in total. The molecule has 142 valence electrons. The van der Waals surface area contributed by atoms with Crippen LogP contribution in [-0.2, 0) is 14.2 Å². The van der Waals surface area contributed by atoms with E-state index in [0.717, 1.165) is 5.03 Å². The van der Waals surface area contributed by atoms with Crippen LogP contribution in [0, 0.1) is 0 Å². The van der Waals surface area contributed by atoms with Gasteiger partial charge in [-0.05, 0) is 13.8 Å². The Labute approximate surface area is 155 Å². The molecule has 4 heterocycles. The van der Waals surface area contributed by atoms with Gasteiger partial charge >= 0.3 is 0 Å². The number of rotatable bonds is 4. The summed E-state index contributed by atoms with van der Waals surface area (Å²) in [5.74, 6) is -0.376. The Bertz CT molecular complexity index is 826. The number of aromatic nitrogens is 4. The van der Waals surface area contributed by atoms with Crippen molar-refractivity contribution in [2.24, 2.45) is 0 Å². The Morgan fingerprint density at radius 3 is 2.73 bits per heavy atom. The van der Waals surface area contributed by atoms with Crippen LogP contribution in [0.25, 0.3) is 11.0 Å². The van der Waals surface area contributed by atoms with E-state index in [1.54, 1.807) is 16.4 Å². The van der Waals surface area contributed by atoms with E-state index in [9.17, 15) is 5.11 Å². The van der Waals surface area contributed by atoms with E-state index in [1.165, 1.54) is 6.33 Å². The van der Waals surface area contributed by atoms with Gasteiger partial charge in [-0.3, -0.25) is 0 Å². The predicted molar refractivity (Wildman–Crippen MR) is 95.5 cm³/mol. The summed E-state index contributed by atoms with van der Waals surface area (Å²) in [6.45, 7) is 7.68. The zero-order valence-electron chi connectivity index (χ0n) is 15.1. The Kier molecular flexibility index (Phi) is 4.35. The van der Waals surface area contributed by atoms with E-state index in [0.29, 0.717) is 22.1 Å². The minimum atomic E-state index is -0.753. The number of thioether (sulfide) groups is 1. The zero-order valence-corrected chi connectivity index (χ0v) is 15.9. The molecule has 0 amide bonds. The van der Waals surface area contributed by atoms with Crippen LogP contribution >= 0.6 is 11.8 Å². The molecule has 0 spiro atoms. The van der Waals surface area contributed by atoms with E-state index < -0.39 is 24.2 Å². The van der Waals surface area contributed by atoms with Crippen LogP contribution in [0.3, 0.4) is 0 Å². The summed E-state index contributed by atoms with van der Waals surface area (Å²) in [6, 6.07) is 0. The highest BCUT2D eigenvalue weighted by Crippen LogP contribution is 2.44. The molecule has 0 aliphatic carbocycles.